The Labute approximate surface area is 113 Å². The molecule has 0 fully saturated rings. The summed E-state index contributed by atoms with van der Waals surface area (Å²) in [5.74, 6) is 4.84. The van der Waals surface area contributed by atoms with E-state index in [1.54, 1.807) is 18.2 Å². The van der Waals surface area contributed by atoms with Crippen molar-refractivity contribution in [3.63, 3.8) is 0 Å². The molecule has 1 rings (SSSR count). The molecule has 0 bridgehead atoms. The second kappa shape index (κ2) is 7.45. The summed E-state index contributed by atoms with van der Waals surface area (Å²) in [6.07, 6.45) is 1.49. The van der Waals surface area contributed by atoms with E-state index < -0.39 is 0 Å². The standard InChI is InChI=1S/C8H9Cl2N5.BrH/c9-6-2-1-5(3-7(6)10)4-13-15-8(11)14-12;/h1-4H,12H2,(H3,11,14,15);1H/b13-4+;. The molecule has 5 nitrogen and oxygen atoms in total. The van der Waals surface area contributed by atoms with Gasteiger partial charge in [-0.1, -0.05) is 29.3 Å². The lowest BCUT2D eigenvalue weighted by atomic mass is 10.2. The fourth-order valence-electron chi connectivity index (χ4n) is 0.796. The molecule has 1 aromatic rings. The monoisotopic (exact) mass is 325 g/mol. The number of benzene rings is 1. The van der Waals surface area contributed by atoms with Crippen molar-refractivity contribution in [2.45, 2.75) is 0 Å². The highest BCUT2D eigenvalue weighted by Crippen LogP contribution is 2.21. The van der Waals surface area contributed by atoms with Crippen LogP contribution in [0.3, 0.4) is 0 Å². The summed E-state index contributed by atoms with van der Waals surface area (Å²) in [5.41, 5.74) is 5.20. The molecule has 0 saturated heterocycles. The maximum atomic E-state index is 7.07. The van der Waals surface area contributed by atoms with Crippen LogP contribution in [0.1, 0.15) is 5.56 Å². The zero-order chi connectivity index (χ0) is 11.3. The van der Waals surface area contributed by atoms with E-state index in [0.29, 0.717) is 10.0 Å². The summed E-state index contributed by atoms with van der Waals surface area (Å²) < 4.78 is 0. The molecular weight excluding hydrogens is 317 g/mol. The molecule has 0 spiro atoms. The first kappa shape index (κ1) is 15.2. The van der Waals surface area contributed by atoms with Gasteiger partial charge in [0, 0.05) is 0 Å². The number of hydrogen-bond acceptors (Lipinski definition) is 3. The first-order chi connectivity index (χ1) is 7.13. The van der Waals surface area contributed by atoms with Gasteiger partial charge in [0.05, 0.1) is 16.3 Å². The maximum absolute atomic E-state index is 7.07. The van der Waals surface area contributed by atoms with Crippen LogP contribution in [0.4, 0.5) is 0 Å². The molecule has 16 heavy (non-hydrogen) atoms. The van der Waals surface area contributed by atoms with Crippen molar-refractivity contribution in [3.05, 3.63) is 33.8 Å². The average Bonchev–Trinajstić information content (AvgIpc) is 2.23. The molecule has 0 aromatic heterocycles. The Morgan fingerprint density at radius 1 is 1.38 bits per heavy atom. The molecule has 5 N–H and O–H groups in total. The molecule has 0 saturated carbocycles. The number of nitrogens with two attached hydrogens (primary N) is 1. The van der Waals surface area contributed by atoms with Crippen molar-refractivity contribution < 1.29 is 0 Å². The van der Waals surface area contributed by atoms with Gasteiger partial charge in [0.1, 0.15) is 0 Å². The SMILES string of the molecule is Br.N=C(NN)N/N=C/c1ccc(Cl)c(Cl)c1. The second-order valence-corrected chi connectivity index (χ2v) is 3.38. The summed E-state index contributed by atoms with van der Waals surface area (Å²) in [6.45, 7) is 0. The van der Waals surface area contributed by atoms with Crippen LogP contribution < -0.4 is 16.7 Å². The van der Waals surface area contributed by atoms with Crippen LogP contribution in [0.15, 0.2) is 23.3 Å². The number of hydrazone groups is 1. The molecular formula is C8H10BrCl2N5. The number of hydrazine groups is 1. The highest BCUT2D eigenvalue weighted by atomic mass is 79.9. The number of nitrogens with zero attached hydrogens (tertiary/aromatic N) is 1. The number of nitrogens with one attached hydrogen (secondary N) is 3. The van der Waals surface area contributed by atoms with Gasteiger partial charge in [-0.25, -0.2) is 11.3 Å². The van der Waals surface area contributed by atoms with Crippen molar-refractivity contribution in [1.82, 2.24) is 10.9 Å². The van der Waals surface area contributed by atoms with Crippen molar-refractivity contribution in [2.24, 2.45) is 10.9 Å². The molecule has 0 aliphatic carbocycles. The minimum atomic E-state index is -0.105. The zero-order valence-electron chi connectivity index (χ0n) is 8.00. The van der Waals surface area contributed by atoms with Crippen LogP contribution >= 0.6 is 40.2 Å². The predicted molar refractivity (Wildman–Crippen MR) is 72.6 cm³/mol. The molecule has 0 aliphatic heterocycles. The molecule has 0 aliphatic rings. The van der Waals surface area contributed by atoms with Crippen LogP contribution in [-0.4, -0.2) is 12.2 Å². The van der Waals surface area contributed by atoms with Crippen LogP contribution in [0.2, 0.25) is 10.0 Å². The third-order valence-corrected chi connectivity index (χ3v) is 2.22. The number of halogens is 3. The molecule has 0 atom stereocenters. The Balaban J connectivity index is 0.00000225. The summed E-state index contributed by atoms with van der Waals surface area (Å²) in [4.78, 5) is 0. The smallest absolute Gasteiger partial charge is 0.223 e. The first-order valence-corrected chi connectivity index (χ1v) is 4.68. The fourth-order valence-corrected chi connectivity index (χ4v) is 1.10. The third-order valence-electron chi connectivity index (χ3n) is 1.48. The van der Waals surface area contributed by atoms with Gasteiger partial charge in [0.15, 0.2) is 0 Å². The molecule has 1 aromatic carbocycles. The quantitative estimate of drug-likeness (QED) is 0.290. The Morgan fingerprint density at radius 3 is 2.62 bits per heavy atom. The van der Waals surface area contributed by atoms with Gasteiger partial charge in [-0.2, -0.15) is 5.10 Å². The number of guanidine groups is 1. The lowest BCUT2D eigenvalue weighted by molar-refractivity contribution is 0.889. The lowest BCUT2D eigenvalue weighted by Crippen LogP contribution is -2.38. The van der Waals surface area contributed by atoms with Crippen LogP contribution in [0.5, 0.6) is 0 Å². The Hall–Kier alpha value is -0.820. The first-order valence-electron chi connectivity index (χ1n) is 3.93. The van der Waals surface area contributed by atoms with E-state index in [9.17, 15) is 0 Å². The van der Waals surface area contributed by atoms with E-state index in [1.807, 2.05) is 0 Å². The van der Waals surface area contributed by atoms with Gasteiger partial charge in [0.25, 0.3) is 0 Å². The van der Waals surface area contributed by atoms with E-state index >= 15 is 0 Å². The summed E-state index contributed by atoms with van der Waals surface area (Å²) in [7, 11) is 0. The Bertz CT molecular complexity index is 396. The fraction of sp³-hybridized carbons (Fsp3) is 0. The van der Waals surface area contributed by atoms with E-state index in [1.165, 1.54) is 6.21 Å². The van der Waals surface area contributed by atoms with Gasteiger partial charge in [-0.15, -0.1) is 17.0 Å². The highest BCUT2D eigenvalue weighted by molar-refractivity contribution is 8.93. The molecule has 0 radical (unpaired) electrons. The van der Waals surface area contributed by atoms with Gasteiger partial charge in [-0.3, -0.25) is 10.8 Å². The van der Waals surface area contributed by atoms with E-state index in [2.05, 4.69) is 16.0 Å². The van der Waals surface area contributed by atoms with Crippen molar-refractivity contribution in [2.75, 3.05) is 0 Å². The van der Waals surface area contributed by atoms with Crippen LogP contribution in [-0.2, 0) is 0 Å². The highest BCUT2D eigenvalue weighted by Gasteiger charge is 1.96. The predicted octanol–water partition coefficient (Wildman–Crippen LogP) is 1.89. The third kappa shape index (κ3) is 4.80. The van der Waals surface area contributed by atoms with E-state index in [4.69, 9.17) is 34.5 Å². The largest absolute Gasteiger partial charge is 0.293 e. The molecule has 0 heterocycles. The van der Waals surface area contributed by atoms with Crippen LogP contribution in [0, 0.1) is 5.41 Å². The summed E-state index contributed by atoms with van der Waals surface area (Å²) >= 11 is 11.5. The molecule has 0 unspecified atom stereocenters. The van der Waals surface area contributed by atoms with Gasteiger partial charge in [0.2, 0.25) is 5.96 Å². The second-order valence-electron chi connectivity index (χ2n) is 2.56. The van der Waals surface area contributed by atoms with Gasteiger partial charge < -0.3 is 0 Å². The lowest BCUT2D eigenvalue weighted by Gasteiger charge is -2.00. The summed E-state index contributed by atoms with van der Waals surface area (Å²) in [5, 5.41) is 11.7. The Morgan fingerprint density at radius 2 is 2.06 bits per heavy atom. The topological polar surface area (TPSA) is 86.3 Å². The average molecular weight is 327 g/mol. The maximum Gasteiger partial charge on any atom is 0.223 e. The minimum Gasteiger partial charge on any atom is -0.293 e. The molecule has 0 amide bonds. The molecule has 88 valence electrons. The zero-order valence-corrected chi connectivity index (χ0v) is 11.2. The van der Waals surface area contributed by atoms with Crippen LogP contribution in [0.25, 0.3) is 0 Å². The van der Waals surface area contributed by atoms with Crippen molar-refractivity contribution in [1.29, 1.82) is 5.41 Å². The Kier molecular flexibility index (Phi) is 7.07. The number of rotatable bonds is 2. The van der Waals surface area contributed by atoms with Crippen molar-refractivity contribution in [3.8, 4) is 0 Å². The van der Waals surface area contributed by atoms with E-state index in [-0.39, 0.29) is 22.9 Å². The minimum absolute atomic E-state index is 0. The van der Waals surface area contributed by atoms with E-state index in [0.717, 1.165) is 5.56 Å². The van der Waals surface area contributed by atoms with Gasteiger partial charge in [-0.05, 0) is 17.7 Å². The summed E-state index contributed by atoms with van der Waals surface area (Å²) in [6, 6.07) is 5.07. The number of hydrogen-bond donors (Lipinski definition) is 4. The van der Waals surface area contributed by atoms with Gasteiger partial charge >= 0.3 is 0 Å². The molecule has 8 heteroatoms. The van der Waals surface area contributed by atoms with Crippen molar-refractivity contribution >= 4 is 52.4 Å². The normalized spacial score (nSPS) is 9.69.